The van der Waals surface area contributed by atoms with Crippen molar-refractivity contribution in [1.82, 2.24) is 10.2 Å². The van der Waals surface area contributed by atoms with Crippen LogP contribution in [0.1, 0.15) is 38.5 Å². The first-order valence-corrected chi connectivity index (χ1v) is 5.90. The molecule has 2 rings (SSSR count). The van der Waals surface area contributed by atoms with Crippen molar-refractivity contribution in [2.75, 3.05) is 19.6 Å². The molecule has 1 amide bonds. The van der Waals surface area contributed by atoms with E-state index in [1.54, 1.807) is 0 Å². The standard InChI is InChI=1S/C11H20N2O/c14-11(10-6-2-3-7-12-10)13-8-4-1-5-9-13/h10,12H,1-9H2/t10-/m1/s1. The van der Waals surface area contributed by atoms with Gasteiger partial charge in [0.2, 0.25) is 5.91 Å². The fourth-order valence-electron chi connectivity index (χ4n) is 2.40. The van der Waals surface area contributed by atoms with Crippen LogP contribution in [0, 0.1) is 0 Å². The van der Waals surface area contributed by atoms with Crippen molar-refractivity contribution in [1.29, 1.82) is 0 Å². The van der Waals surface area contributed by atoms with Crippen molar-refractivity contribution < 1.29 is 4.79 Å². The second-order valence-electron chi connectivity index (χ2n) is 4.39. The highest BCUT2D eigenvalue weighted by molar-refractivity contribution is 5.82. The van der Waals surface area contributed by atoms with E-state index in [1.807, 2.05) is 4.90 Å². The number of carbonyl (C=O) groups excluding carboxylic acids is 1. The number of rotatable bonds is 1. The Bertz CT molecular complexity index is 173. The fraction of sp³-hybridized carbons (Fsp3) is 0.909. The van der Waals surface area contributed by atoms with Crippen LogP contribution in [0.4, 0.5) is 0 Å². The molecule has 1 N–H and O–H groups in total. The Morgan fingerprint density at radius 2 is 1.86 bits per heavy atom. The molecule has 0 saturated carbocycles. The van der Waals surface area contributed by atoms with Crippen LogP contribution in [-0.4, -0.2) is 36.5 Å². The number of amides is 1. The summed E-state index contributed by atoms with van der Waals surface area (Å²) in [5.74, 6) is 0.351. The van der Waals surface area contributed by atoms with Gasteiger partial charge in [0.05, 0.1) is 6.04 Å². The van der Waals surface area contributed by atoms with Gasteiger partial charge in [-0.25, -0.2) is 0 Å². The molecule has 3 nitrogen and oxygen atoms in total. The highest BCUT2D eigenvalue weighted by Crippen LogP contribution is 2.14. The molecule has 2 heterocycles. The molecule has 0 aliphatic carbocycles. The molecule has 0 spiro atoms. The Morgan fingerprint density at radius 1 is 1.07 bits per heavy atom. The number of likely N-dealkylation sites (tertiary alicyclic amines) is 1. The van der Waals surface area contributed by atoms with Gasteiger partial charge in [-0.05, 0) is 38.6 Å². The quantitative estimate of drug-likeness (QED) is 0.682. The van der Waals surface area contributed by atoms with Crippen LogP contribution in [0.3, 0.4) is 0 Å². The monoisotopic (exact) mass is 196 g/mol. The molecule has 0 aromatic heterocycles. The molecular weight excluding hydrogens is 176 g/mol. The second-order valence-corrected chi connectivity index (χ2v) is 4.39. The smallest absolute Gasteiger partial charge is 0.239 e. The minimum atomic E-state index is 0.127. The fourth-order valence-corrected chi connectivity index (χ4v) is 2.40. The predicted molar refractivity (Wildman–Crippen MR) is 56.1 cm³/mol. The van der Waals surface area contributed by atoms with Crippen LogP contribution < -0.4 is 5.32 Å². The minimum Gasteiger partial charge on any atom is -0.341 e. The maximum Gasteiger partial charge on any atom is 0.239 e. The van der Waals surface area contributed by atoms with Crippen LogP contribution >= 0.6 is 0 Å². The summed E-state index contributed by atoms with van der Waals surface area (Å²) in [6.45, 7) is 2.98. The topological polar surface area (TPSA) is 32.3 Å². The molecule has 0 unspecified atom stereocenters. The third-order valence-electron chi connectivity index (χ3n) is 3.28. The molecule has 2 aliphatic rings. The summed E-state index contributed by atoms with van der Waals surface area (Å²) in [5.41, 5.74) is 0. The van der Waals surface area contributed by atoms with Crippen molar-refractivity contribution in [3.8, 4) is 0 Å². The lowest BCUT2D eigenvalue weighted by Crippen LogP contribution is -2.49. The van der Waals surface area contributed by atoms with E-state index < -0.39 is 0 Å². The number of nitrogens with one attached hydrogen (secondary N) is 1. The largest absolute Gasteiger partial charge is 0.341 e. The van der Waals surface area contributed by atoms with Crippen molar-refractivity contribution in [2.45, 2.75) is 44.6 Å². The Kier molecular flexibility index (Phi) is 3.40. The predicted octanol–water partition coefficient (Wildman–Crippen LogP) is 1.14. The van der Waals surface area contributed by atoms with Gasteiger partial charge in [0.1, 0.15) is 0 Å². The lowest BCUT2D eigenvalue weighted by Gasteiger charge is -2.32. The highest BCUT2D eigenvalue weighted by Gasteiger charge is 2.26. The zero-order chi connectivity index (χ0) is 9.80. The molecule has 1 atom stereocenters. The van der Waals surface area contributed by atoms with Gasteiger partial charge in [0, 0.05) is 13.1 Å². The molecule has 2 fully saturated rings. The molecule has 0 aromatic carbocycles. The molecule has 2 aliphatic heterocycles. The third kappa shape index (κ3) is 2.27. The van der Waals surface area contributed by atoms with Crippen molar-refractivity contribution >= 4 is 5.91 Å². The molecule has 14 heavy (non-hydrogen) atoms. The van der Waals surface area contributed by atoms with E-state index in [-0.39, 0.29) is 6.04 Å². The number of hydrogen-bond donors (Lipinski definition) is 1. The van der Waals surface area contributed by atoms with E-state index >= 15 is 0 Å². The summed E-state index contributed by atoms with van der Waals surface area (Å²) in [5, 5.41) is 3.32. The van der Waals surface area contributed by atoms with Gasteiger partial charge in [-0.2, -0.15) is 0 Å². The van der Waals surface area contributed by atoms with Crippen molar-refractivity contribution in [3.63, 3.8) is 0 Å². The lowest BCUT2D eigenvalue weighted by atomic mass is 10.0. The molecule has 80 valence electrons. The average Bonchev–Trinajstić information content (AvgIpc) is 2.30. The summed E-state index contributed by atoms with van der Waals surface area (Å²) in [6, 6.07) is 0.127. The lowest BCUT2D eigenvalue weighted by molar-refractivity contribution is -0.134. The maximum atomic E-state index is 12.0. The number of carbonyl (C=O) groups is 1. The van der Waals surface area contributed by atoms with Gasteiger partial charge in [-0.15, -0.1) is 0 Å². The summed E-state index contributed by atoms with van der Waals surface area (Å²) < 4.78 is 0. The molecule has 0 aromatic rings. The number of nitrogens with zero attached hydrogens (tertiary/aromatic N) is 1. The van der Waals surface area contributed by atoms with Gasteiger partial charge in [-0.1, -0.05) is 6.42 Å². The van der Waals surface area contributed by atoms with Gasteiger partial charge in [-0.3, -0.25) is 4.79 Å². The van der Waals surface area contributed by atoms with Gasteiger partial charge >= 0.3 is 0 Å². The summed E-state index contributed by atoms with van der Waals surface area (Å²) in [6.07, 6.45) is 7.15. The number of hydrogen-bond acceptors (Lipinski definition) is 2. The summed E-state index contributed by atoms with van der Waals surface area (Å²) in [4.78, 5) is 14.1. The SMILES string of the molecule is O=C([C@H]1CCCCN1)N1CCCCC1. The van der Waals surface area contributed by atoms with Crippen LogP contribution in [0.15, 0.2) is 0 Å². The average molecular weight is 196 g/mol. The molecule has 0 bridgehead atoms. The van der Waals surface area contributed by atoms with Gasteiger partial charge in [0.25, 0.3) is 0 Å². The van der Waals surface area contributed by atoms with Gasteiger partial charge < -0.3 is 10.2 Å². The maximum absolute atomic E-state index is 12.0. The Hall–Kier alpha value is -0.570. The third-order valence-corrected chi connectivity index (χ3v) is 3.28. The summed E-state index contributed by atoms with van der Waals surface area (Å²) in [7, 11) is 0. The van der Waals surface area contributed by atoms with E-state index in [1.165, 1.54) is 32.1 Å². The van der Waals surface area contributed by atoms with E-state index in [2.05, 4.69) is 5.32 Å². The highest BCUT2D eigenvalue weighted by atomic mass is 16.2. The molecule has 3 heteroatoms. The number of piperidine rings is 2. The van der Waals surface area contributed by atoms with Crippen molar-refractivity contribution in [3.05, 3.63) is 0 Å². The van der Waals surface area contributed by atoms with E-state index in [0.717, 1.165) is 26.1 Å². The van der Waals surface area contributed by atoms with E-state index in [0.29, 0.717) is 5.91 Å². The Labute approximate surface area is 85.8 Å². The van der Waals surface area contributed by atoms with E-state index in [4.69, 9.17) is 0 Å². The van der Waals surface area contributed by atoms with E-state index in [9.17, 15) is 4.79 Å². The normalized spacial score (nSPS) is 28.9. The Morgan fingerprint density at radius 3 is 2.50 bits per heavy atom. The van der Waals surface area contributed by atoms with Crippen molar-refractivity contribution in [2.24, 2.45) is 0 Å². The van der Waals surface area contributed by atoms with Crippen LogP contribution in [-0.2, 0) is 4.79 Å². The van der Waals surface area contributed by atoms with Crippen LogP contribution in [0.5, 0.6) is 0 Å². The second kappa shape index (κ2) is 4.78. The molecule has 0 radical (unpaired) electrons. The first-order chi connectivity index (χ1) is 6.88. The van der Waals surface area contributed by atoms with Gasteiger partial charge in [0.15, 0.2) is 0 Å². The zero-order valence-corrected chi connectivity index (χ0v) is 8.80. The van der Waals surface area contributed by atoms with Crippen LogP contribution in [0.2, 0.25) is 0 Å². The first-order valence-electron chi connectivity index (χ1n) is 5.90. The summed E-state index contributed by atoms with van der Waals surface area (Å²) >= 11 is 0. The van der Waals surface area contributed by atoms with Crippen LogP contribution in [0.25, 0.3) is 0 Å². The zero-order valence-electron chi connectivity index (χ0n) is 8.80. The minimum absolute atomic E-state index is 0.127. The first kappa shape index (κ1) is 9.97. The molecular formula is C11H20N2O. The molecule has 2 saturated heterocycles. The Balaban J connectivity index is 1.85.